The normalized spacial score (nSPS) is 30.6. The van der Waals surface area contributed by atoms with Crippen LogP contribution < -0.4 is 14.9 Å². The number of esters is 1. The first-order valence-corrected chi connectivity index (χ1v) is 14.4. The van der Waals surface area contributed by atoms with Crippen molar-refractivity contribution in [2.24, 2.45) is 0 Å². The third-order valence-corrected chi connectivity index (χ3v) is 7.91. The predicted molar refractivity (Wildman–Crippen MR) is 156 cm³/mol. The van der Waals surface area contributed by atoms with Gasteiger partial charge in [0.05, 0.1) is 19.8 Å². The summed E-state index contributed by atoms with van der Waals surface area (Å²) in [6.45, 7) is 1.82. The molecule has 48 heavy (non-hydrogen) atoms. The Morgan fingerprint density at radius 1 is 0.833 bits per heavy atom. The number of aliphatic hydroxyl groups is 5. The van der Waals surface area contributed by atoms with E-state index in [-0.39, 0.29) is 11.1 Å². The average molecular weight is 683 g/mol. The maximum absolute atomic E-state index is 13.9. The molecular weight excluding hydrogens is 648 g/mol. The molecule has 0 spiro atoms. The van der Waals surface area contributed by atoms with Gasteiger partial charge in [-0.1, -0.05) is 0 Å². The summed E-state index contributed by atoms with van der Waals surface area (Å²) < 4.78 is 38.4. The van der Waals surface area contributed by atoms with Gasteiger partial charge >= 0.3 is 5.97 Å². The number of hydrogen-bond acceptors (Lipinski definition) is 18. The number of aliphatic hydroxyl groups excluding tert-OH is 5. The molecule has 10 atom stereocenters. The monoisotopic (exact) mass is 682 g/mol. The second-order valence-corrected chi connectivity index (χ2v) is 11.2. The number of carbonyl (C=O) groups excluding carboxylic acids is 1. The van der Waals surface area contributed by atoms with E-state index in [0.717, 1.165) is 32.2 Å². The predicted octanol–water partition coefficient (Wildman–Crippen LogP) is -1.11. The lowest BCUT2D eigenvalue weighted by Crippen LogP contribution is -2.62. The van der Waals surface area contributed by atoms with E-state index in [1.54, 1.807) is 0 Å². The highest BCUT2D eigenvalue weighted by Crippen LogP contribution is 2.44. The number of phenolic OH excluding ortho intramolecular Hbond substituents is 4. The minimum absolute atomic E-state index is 0.0688. The Labute approximate surface area is 270 Å². The summed E-state index contributed by atoms with van der Waals surface area (Å²) in [5.41, 5.74) is -1.53. The van der Waals surface area contributed by atoms with Gasteiger partial charge in [0.2, 0.25) is 23.2 Å². The quantitative estimate of drug-likeness (QED) is 0.101. The van der Waals surface area contributed by atoms with Crippen molar-refractivity contribution in [1.82, 2.24) is 0 Å². The molecular formula is C30H34O18. The summed E-state index contributed by atoms with van der Waals surface area (Å²) in [4.78, 5) is 25.5. The molecule has 2 saturated heterocycles. The zero-order chi connectivity index (χ0) is 35.2. The molecule has 9 N–H and O–H groups in total. The number of methoxy groups -OCH3 is 1. The minimum Gasteiger partial charge on any atom is -0.504 e. The van der Waals surface area contributed by atoms with Gasteiger partial charge in [0.25, 0.3) is 0 Å². The largest absolute Gasteiger partial charge is 0.504 e. The first-order valence-electron chi connectivity index (χ1n) is 14.4. The van der Waals surface area contributed by atoms with Crippen LogP contribution in [0, 0.1) is 0 Å². The van der Waals surface area contributed by atoms with Crippen LogP contribution in [0.1, 0.15) is 13.8 Å². The molecule has 0 saturated carbocycles. The molecule has 2 aromatic carbocycles. The SMILES string of the molecule is COc1c(O)cc2oc(-c3ccc(O)c(O)c3)c(O[C@@H]3O[C@H](CO[C@@H]4O[C@@H](C)[C@H](O)[C@@H](O)[C@H]4OC(C)=O)[C@@H](O)[C@H](O)[C@H]3O)c(=O)c2c1O. The van der Waals surface area contributed by atoms with E-state index < -0.39 is 125 Å². The van der Waals surface area contributed by atoms with Gasteiger partial charge in [0.15, 0.2) is 41.2 Å². The van der Waals surface area contributed by atoms with Crippen LogP contribution >= 0.6 is 0 Å². The molecule has 0 unspecified atom stereocenters. The Balaban J connectivity index is 1.50. The Morgan fingerprint density at radius 3 is 2.19 bits per heavy atom. The molecule has 3 heterocycles. The summed E-state index contributed by atoms with van der Waals surface area (Å²) in [5.74, 6) is -5.10. The molecule has 18 heteroatoms. The Hall–Kier alpha value is -4.40. The molecule has 2 aliphatic rings. The van der Waals surface area contributed by atoms with Gasteiger partial charge in [-0.3, -0.25) is 9.59 Å². The summed E-state index contributed by atoms with van der Waals surface area (Å²) in [6, 6.07) is 4.25. The van der Waals surface area contributed by atoms with Crippen LogP contribution in [0.2, 0.25) is 0 Å². The number of benzene rings is 2. The molecule has 5 rings (SSSR count). The van der Waals surface area contributed by atoms with E-state index >= 15 is 0 Å². The van der Waals surface area contributed by atoms with Crippen molar-refractivity contribution in [3.8, 4) is 45.8 Å². The summed E-state index contributed by atoms with van der Waals surface area (Å²) in [5, 5.41) is 93.3. The number of fused-ring (bicyclic) bond motifs is 1. The minimum atomic E-state index is -2.02. The fourth-order valence-corrected chi connectivity index (χ4v) is 5.36. The van der Waals surface area contributed by atoms with Crippen LogP contribution in [0.25, 0.3) is 22.3 Å². The maximum Gasteiger partial charge on any atom is 0.303 e. The van der Waals surface area contributed by atoms with Gasteiger partial charge in [-0.2, -0.15) is 0 Å². The van der Waals surface area contributed by atoms with Crippen molar-refractivity contribution in [3.05, 3.63) is 34.5 Å². The van der Waals surface area contributed by atoms with E-state index in [1.807, 2.05) is 0 Å². The Morgan fingerprint density at radius 2 is 1.54 bits per heavy atom. The molecule has 0 amide bonds. The fraction of sp³-hybridized carbons (Fsp3) is 0.467. The number of hydrogen-bond donors (Lipinski definition) is 9. The molecule has 1 aromatic heterocycles. The second-order valence-electron chi connectivity index (χ2n) is 11.2. The van der Waals surface area contributed by atoms with Crippen molar-refractivity contribution >= 4 is 16.9 Å². The zero-order valence-corrected chi connectivity index (χ0v) is 25.5. The Kier molecular flexibility index (Phi) is 9.90. The van der Waals surface area contributed by atoms with E-state index in [4.69, 9.17) is 32.8 Å². The molecule has 0 bridgehead atoms. The zero-order valence-electron chi connectivity index (χ0n) is 25.5. The highest BCUT2D eigenvalue weighted by molar-refractivity contribution is 5.91. The van der Waals surface area contributed by atoms with E-state index in [0.29, 0.717) is 0 Å². The topological polar surface area (TPSA) is 285 Å². The Bertz CT molecular complexity index is 1720. The van der Waals surface area contributed by atoms with Gasteiger partial charge in [0.1, 0.15) is 47.6 Å². The van der Waals surface area contributed by atoms with Crippen LogP contribution in [-0.4, -0.2) is 127 Å². The van der Waals surface area contributed by atoms with Gasteiger partial charge in [-0.25, -0.2) is 0 Å². The standard InChI is InChI=1S/C30H34O18/c1-9-18(35)23(40)28(45-10(2)31)30(44-9)43-8-16-19(36)22(39)24(41)29(47-16)48-27-21(38)17-15(7-14(34)26(42-3)20(17)37)46-25(27)11-4-5-12(32)13(33)6-11/h4-7,9,16,18-19,22-24,28-30,32-37,39-41H,8H2,1-3H3/t9-,16+,18-,19+,22-,23+,24+,28+,29-,30+/m0/s1. The second kappa shape index (κ2) is 13.6. The van der Waals surface area contributed by atoms with Crippen LogP contribution in [-0.2, 0) is 23.7 Å². The molecule has 262 valence electrons. The number of rotatable bonds is 8. The maximum atomic E-state index is 13.9. The molecule has 3 aromatic rings. The summed E-state index contributed by atoms with van der Waals surface area (Å²) in [7, 11) is 1.12. The van der Waals surface area contributed by atoms with Crippen molar-refractivity contribution < 1.29 is 83.6 Å². The summed E-state index contributed by atoms with van der Waals surface area (Å²) >= 11 is 0. The molecule has 2 fully saturated rings. The fourth-order valence-electron chi connectivity index (χ4n) is 5.36. The van der Waals surface area contributed by atoms with Crippen LogP contribution in [0.15, 0.2) is 33.5 Å². The van der Waals surface area contributed by atoms with Crippen LogP contribution in [0.3, 0.4) is 0 Å². The lowest BCUT2D eigenvalue weighted by atomic mass is 9.98. The van der Waals surface area contributed by atoms with Crippen molar-refractivity contribution in [2.75, 3.05) is 13.7 Å². The number of phenols is 4. The van der Waals surface area contributed by atoms with Gasteiger partial charge in [0, 0.05) is 18.6 Å². The third kappa shape index (κ3) is 6.39. The lowest BCUT2D eigenvalue weighted by molar-refractivity contribution is -0.320. The number of carbonyl (C=O) groups is 1. The van der Waals surface area contributed by atoms with Crippen molar-refractivity contribution in [1.29, 1.82) is 0 Å². The van der Waals surface area contributed by atoms with Gasteiger partial charge in [-0.15, -0.1) is 0 Å². The molecule has 0 aliphatic carbocycles. The number of aromatic hydroxyl groups is 4. The van der Waals surface area contributed by atoms with Gasteiger partial charge in [-0.05, 0) is 25.1 Å². The first-order chi connectivity index (χ1) is 22.6. The highest BCUT2D eigenvalue weighted by Gasteiger charge is 2.49. The van der Waals surface area contributed by atoms with Crippen LogP contribution in [0.5, 0.6) is 34.5 Å². The van der Waals surface area contributed by atoms with Crippen molar-refractivity contribution in [3.63, 3.8) is 0 Å². The van der Waals surface area contributed by atoms with Crippen molar-refractivity contribution in [2.45, 2.75) is 75.3 Å². The highest BCUT2D eigenvalue weighted by atomic mass is 16.7. The molecule has 18 nitrogen and oxygen atoms in total. The lowest BCUT2D eigenvalue weighted by Gasteiger charge is -2.43. The number of ether oxygens (including phenoxy) is 6. The first kappa shape index (κ1) is 34.9. The van der Waals surface area contributed by atoms with E-state index in [2.05, 4.69) is 0 Å². The third-order valence-electron chi connectivity index (χ3n) is 7.91. The summed E-state index contributed by atoms with van der Waals surface area (Å²) in [6.07, 6.45) is -16.4. The molecule has 0 radical (unpaired) electrons. The smallest absolute Gasteiger partial charge is 0.303 e. The van der Waals surface area contributed by atoms with E-state index in [9.17, 15) is 55.5 Å². The van der Waals surface area contributed by atoms with Gasteiger partial charge < -0.3 is 78.8 Å². The molecule has 2 aliphatic heterocycles. The van der Waals surface area contributed by atoms with E-state index in [1.165, 1.54) is 13.0 Å². The van der Waals surface area contributed by atoms with Crippen LogP contribution in [0.4, 0.5) is 0 Å². The average Bonchev–Trinajstić information content (AvgIpc) is 3.03.